The van der Waals surface area contributed by atoms with Crippen molar-refractivity contribution >= 4 is 5.97 Å². The molecule has 0 fully saturated rings. The summed E-state index contributed by atoms with van der Waals surface area (Å²) in [5.41, 5.74) is 2.99. The quantitative estimate of drug-likeness (QED) is 0.884. The summed E-state index contributed by atoms with van der Waals surface area (Å²) in [6.45, 7) is 6.24. The molecule has 3 heteroatoms. The first-order valence-corrected chi connectivity index (χ1v) is 7.03. The number of aryl methyl sites for hydroxylation is 2. The molecule has 0 aliphatic heterocycles. The van der Waals surface area contributed by atoms with Gasteiger partial charge in [0.1, 0.15) is 5.54 Å². The van der Waals surface area contributed by atoms with Crippen molar-refractivity contribution in [2.45, 2.75) is 32.9 Å². The van der Waals surface area contributed by atoms with Gasteiger partial charge >= 0.3 is 5.97 Å². The van der Waals surface area contributed by atoms with Gasteiger partial charge in [-0.05, 0) is 43.0 Å². The van der Waals surface area contributed by atoms with E-state index < -0.39 is 11.5 Å². The summed E-state index contributed by atoms with van der Waals surface area (Å²) < 4.78 is 0. The van der Waals surface area contributed by atoms with E-state index in [0.717, 1.165) is 22.3 Å². The van der Waals surface area contributed by atoms with Crippen molar-refractivity contribution in [1.29, 1.82) is 0 Å². The molecule has 0 radical (unpaired) electrons. The Bertz CT molecular complexity index is 637. The molecule has 0 saturated heterocycles. The molecule has 110 valence electrons. The van der Waals surface area contributed by atoms with Crippen molar-refractivity contribution < 1.29 is 9.90 Å². The Kier molecular flexibility index (Phi) is 4.43. The van der Waals surface area contributed by atoms with Gasteiger partial charge in [0.25, 0.3) is 0 Å². The Hall–Kier alpha value is -2.13. The maximum atomic E-state index is 11.8. The van der Waals surface area contributed by atoms with Gasteiger partial charge in [-0.3, -0.25) is 5.32 Å². The molecule has 0 bridgehead atoms. The van der Waals surface area contributed by atoms with Crippen LogP contribution in [-0.2, 0) is 16.9 Å². The number of benzene rings is 2. The average molecular weight is 283 g/mol. The summed E-state index contributed by atoms with van der Waals surface area (Å²) in [6.07, 6.45) is 0. The second kappa shape index (κ2) is 6.10. The van der Waals surface area contributed by atoms with Crippen molar-refractivity contribution in [2.75, 3.05) is 0 Å². The van der Waals surface area contributed by atoms with Crippen molar-refractivity contribution in [3.8, 4) is 0 Å². The van der Waals surface area contributed by atoms with Crippen molar-refractivity contribution in [2.24, 2.45) is 0 Å². The van der Waals surface area contributed by atoms with Gasteiger partial charge in [-0.1, -0.05) is 48.5 Å². The Labute approximate surface area is 125 Å². The zero-order valence-electron chi connectivity index (χ0n) is 12.7. The lowest BCUT2D eigenvalue weighted by molar-refractivity contribution is -0.144. The molecule has 2 rings (SSSR count). The molecule has 0 spiro atoms. The van der Waals surface area contributed by atoms with Crippen LogP contribution in [0.1, 0.15) is 29.2 Å². The molecule has 2 aromatic carbocycles. The third-order valence-corrected chi connectivity index (χ3v) is 4.00. The maximum Gasteiger partial charge on any atom is 0.328 e. The van der Waals surface area contributed by atoms with E-state index >= 15 is 0 Å². The number of carbonyl (C=O) groups is 1. The predicted molar refractivity (Wildman–Crippen MR) is 84.2 cm³/mol. The maximum absolute atomic E-state index is 11.8. The number of aliphatic carboxylic acids is 1. The number of nitrogens with one attached hydrogen (secondary N) is 1. The Morgan fingerprint density at radius 3 is 2.33 bits per heavy atom. The van der Waals surface area contributed by atoms with E-state index in [2.05, 4.69) is 5.32 Å². The molecule has 0 aliphatic carbocycles. The van der Waals surface area contributed by atoms with Crippen LogP contribution >= 0.6 is 0 Å². The fraction of sp³-hybridized carbons (Fsp3) is 0.278. The normalized spacial score (nSPS) is 13.7. The third kappa shape index (κ3) is 3.31. The predicted octanol–water partition coefficient (Wildman–Crippen LogP) is 3.39. The number of carboxylic acid groups (broad SMARTS) is 1. The molecular weight excluding hydrogens is 262 g/mol. The molecule has 21 heavy (non-hydrogen) atoms. The van der Waals surface area contributed by atoms with Gasteiger partial charge in [0.15, 0.2) is 0 Å². The average Bonchev–Trinajstić information content (AvgIpc) is 2.48. The standard InChI is InChI=1S/C18H21NO2/c1-13-9-10-16(11-14(13)2)18(3,17(20)21)19-12-15-7-5-4-6-8-15/h4-11,19H,12H2,1-3H3,(H,20,21). The molecule has 0 heterocycles. The van der Waals surface area contributed by atoms with E-state index in [-0.39, 0.29) is 0 Å². The summed E-state index contributed by atoms with van der Waals surface area (Å²) in [5.74, 6) is -0.873. The summed E-state index contributed by atoms with van der Waals surface area (Å²) in [7, 11) is 0. The first-order chi connectivity index (χ1) is 9.93. The monoisotopic (exact) mass is 283 g/mol. The Morgan fingerprint density at radius 2 is 1.76 bits per heavy atom. The van der Waals surface area contributed by atoms with Gasteiger partial charge in [-0.15, -0.1) is 0 Å². The second-order valence-corrected chi connectivity index (χ2v) is 5.57. The van der Waals surface area contributed by atoms with E-state index in [1.807, 2.05) is 62.4 Å². The van der Waals surface area contributed by atoms with E-state index in [9.17, 15) is 9.90 Å². The molecular formula is C18H21NO2. The fourth-order valence-electron chi connectivity index (χ4n) is 2.23. The third-order valence-electron chi connectivity index (χ3n) is 4.00. The highest BCUT2D eigenvalue weighted by Gasteiger charge is 2.34. The Balaban J connectivity index is 2.27. The van der Waals surface area contributed by atoms with Crippen LogP contribution in [-0.4, -0.2) is 11.1 Å². The van der Waals surface area contributed by atoms with Gasteiger partial charge in [-0.2, -0.15) is 0 Å². The summed E-state index contributed by atoms with van der Waals surface area (Å²) in [5, 5.41) is 12.8. The molecule has 3 nitrogen and oxygen atoms in total. The number of carboxylic acids is 1. The van der Waals surface area contributed by atoms with Gasteiger partial charge < -0.3 is 5.11 Å². The summed E-state index contributed by atoms with van der Waals surface area (Å²) >= 11 is 0. The molecule has 0 aromatic heterocycles. The minimum atomic E-state index is -1.10. The van der Waals surface area contributed by atoms with Crippen LogP contribution in [0.5, 0.6) is 0 Å². The zero-order valence-corrected chi connectivity index (χ0v) is 12.7. The lowest BCUT2D eigenvalue weighted by atomic mass is 9.89. The van der Waals surface area contributed by atoms with Crippen LogP contribution in [0.3, 0.4) is 0 Å². The minimum absolute atomic E-state index is 0.510. The first kappa shape index (κ1) is 15.3. The van der Waals surface area contributed by atoms with Gasteiger partial charge in [0.2, 0.25) is 0 Å². The topological polar surface area (TPSA) is 49.3 Å². The number of hydrogen-bond donors (Lipinski definition) is 2. The number of hydrogen-bond acceptors (Lipinski definition) is 2. The van der Waals surface area contributed by atoms with E-state index in [0.29, 0.717) is 6.54 Å². The molecule has 0 amide bonds. The lowest BCUT2D eigenvalue weighted by Gasteiger charge is -2.27. The fourth-order valence-corrected chi connectivity index (χ4v) is 2.23. The molecule has 0 saturated carbocycles. The first-order valence-electron chi connectivity index (χ1n) is 7.03. The van der Waals surface area contributed by atoms with Crippen LogP contribution in [0.4, 0.5) is 0 Å². The largest absolute Gasteiger partial charge is 0.480 e. The zero-order chi connectivity index (χ0) is 15.5. The highest BCUT2D eigenvalue weighted by molar-refractivity contribution is 5.80. The highest BCUT2D eigenvalue weighted by Crippen LogP contribution is 2.24. The highest BCUT2D eigenvalue weighted by atomic mass is 16.4. The minimum Gasteiger partial charge on any atom is -0.480 e. The smallest absolute Gasteiger partial charge is 0.328 e. The summed E-state index contributed by atoms with van der Waals surface area (Å²) in [4.78, 5) is 11.8. The van der Waals surface area contributed by atoms with E-state index in [4.69, 9.17) is 0 Å². The van der Waals surface area contributed by atoms with E-state index in [1.165, 1.54) is 0 Å². The van der Waals surface area contributed by atoms with Crippen LogP contribution in [0, 0.1) is 13.8 Å². The Morgan fingerprint density at radius 1 is 1.10 bits per heavy atom. The van der Waals surface area contributed by atoms with Gasteiger partial charge in [0.05, 0.1) is 0 Å². The van der Waals surface area contributed by atoms with Crippen LogP contribution < -0.4 is 5.32 Å². The lowest BCUT2D eigenvalue weighted by Crippen LogP contribution is -2.46. The van der Waals surface area contributed by atoms with Crippen LogP contribution in [0.15, 0.2) is 48.5 Å². The molecule has 0 aliphatic rings. The van der Waals surface area contributed by atoms with Gasteiger partial charge in [-0.25, -0.2) is 4.79 Å². The molecule has 1 atom stereocenters. The van der Waals surface area contributed by atoms with Crippen molar-refractivity contribution in [1.82, 2.24) is 5.32 Å². The van der Waals surface area contributed by atoms with Crippen molar-refractivity contribution in [3.05, 3.63) is 70.8 Å². The number of rotatable bonds is 5. The van der Waals surface area contributed by atoms with Crippen LogP contribution in [0.2, 0.25) is 0 Å². The second-order valence-electron chi connectivity index (χ2n) is 5.57. The van der Waals surface area contributed by atoms with Crippen molar-refractivity contribution in [3.63, 3.8) is 0 Å². The van der Waals surface area contributed by atoms with Gasteiger partial charge in [0, 0.05) is 6.54 Å². The molecule has 2 N–H and O–H groups in total. The molecule has 2 aromatic rings. The molecule has 1 unspecified atom stereocenters. The van der Waals surface area contributed by atoms with E-state index in [1.54, 1.807) is 6.92 Å². The summed E-state index contributed by atoms with van der Waals surface area (Å²) in [6, 6.07) is 15.6. The SMILES string of the molecule is Cc1ccc(C(C)(NCc2ccccc2)C(=O)O)cc1C. The van der Waals surface area contributed by atoms with Crippen LogP contribution in [0.25, 0.3) is 0 Å².